The predicted octanol–water partition coefficient (Wildman–Crippen LogP) is 2.76. The first-order valence-corrected chi connectivity index (χ1v) is 8.87. The van der Waals surface area contributed by atoms with Crippen molar-refractivity contribution < 1.29 is 13.7 Å². The third-order valence-electron chi connectivity index (χ3n) is 4.35. The smallest absolute Gasteiger partial charge is 0.0806 e. The van der Waals surface area contributed by atoms with E-state index in [1.807, 2.05) is 0 Å². The molecule has 2 atom stereocenters. The van der Waals surface area contributed by atoms with Gasteiger partial charge >= 0.3 is 0 Å². The first-order chi connectivity index (χ1) is 10.1. The molecule has 2 aliphatic heterocycles. The van der Waals surface area contributed by atoms with E-state index >= 15 is 0 Å². The normalized spacial score (nSPS) is 26.6. The van der Waals surface area contributed by atoms with E-state index < -0.39 is 10.8 Å². The second-order valence-electron chi connectivity index (χ2n) is 5.71. The van der Waals surface area contributed by atoms with E-state index in [9.17, 15) is 4.21 Å². The lowest BCUT2D eigenvalue weighted by Crippen LogP contribution is -2.47. The van der Waals surface area contributed by atoms with Crippen LogP contribution in [0.15, 0.2) is 23.1 Å². The predicted molar refractivity (Wildman–Crippen MR) is 84.0 cm³/mol. The summed E-state index contributed by atoms with van der Waals surface area (Å²) in [4.78, 5) is 0.577. The highest BCUT2D eigenvalue weighted by Gasteiger charge is 2.41. The molecule has 21 heavy (non-hydrogen) atoms. The summed E-state index contributed by atoms with van der Waals surface area (Å²) in [5.41, 5.74) is 6.30. The molecule has 1 aromatic carbocycles. The van der Waals surface area contributed by atoms with Gasteiger partial charge in [0.2, 0.25) is 0 Å². The Labute approximate surface area is 132 Å². The zero-order valence-electron chi connectivity index (χ0n) is 11.8. The van der Waals surface area contributed by atoms with Gasteiger partial charge in [-0.1, -0.05) is 17.7 Å². The summed E-state index contributed by atoms with van der Waals surface area (Å²) in [5.74, 6) is 0. The van der Waals surface area contributed by atoms with Crippen LogP contribution in [0.5, 0.6) is 0 Å². The van der Waals surface area contributed by atoms with Gasteiger partial charge in [0.15, 0.2) is 0 Å². The second-order valence-corrected chi connectivity index (χ2v) is 7.79. The first-order valence-electron chi connectivity index (χ1n) is 7.28. The molecule has 0 saturated carbocycles. The Kier molecular flexibility index (Phi) is 4.54. The molecule has 2 saturated heterocycles. The van der Waals surface area contributed by atoms with Crippen LogP contribution in [0.2, 0.25) is 5.02 Å². The fourth-order valence-corrected chi connectivity index (χ4v) is 5.23. The van der Waals surface area contributed by atoms with Crippen LogP contribution >= 0.6 is 11.6 Å². The van der Waals surface area contributed by atoms with Gasteiger partial charge in [-0.3, -0.25) is 4.21 Å². The van der Waals surface area contributed by atoms with Crippen LogP contribution in [-0.2, 0) is 20.3 Å². The van der Waals surface area contributed by atoms with Gasteiger partial charge in [-0.25, -0.2) is 0 Å². The minimum Gasteiger partial charge on any atom is -0.398 e. The monoisotopic (exact) mass is 329 g/mol. The molecule has 6 heteroatoms. The van der Waals surface area contributed by atoms with Crippen molar-refractivity contribution in [3.8, 4) is 0 Å². The van der Waals surface area contributed by atoms with Crippen molar-refractivity contribution in [2.24, 2.45) is 0 Å². The molecular weight excluding hydrogens is 310 g/mol. The van der Waals surface area contributed by atoms with Crippen LogP contribution in [0.25, 0.3) is 0 Å². The number of ether oxygens (including phenoxy) is 2. The lowest BCUT2D eigenvalue weighted by Gasteiger charge is -2.43. The van der Waals surface area contributed by atoms with Crippen molar-refractivity contribution in [1.82, 2.24) is 0 Å². The minimum absolute atomic E-state index is 0.0408. The van der Waals surface area contributed by atoms with Gasteiger partial charge in [0, 0.05) is 30.8 Å². The van der Waals surface area contributed by atoms with Crippen molar-refractivity contribution in [2.75, 3.05) is 25.6 Å². The van der Waals surface area contributed by atoms with E-state index in [4.69, 9.17) is 26.8 Å². The van der Waals surface area contributed by atoms with E-state index in [2.05, 4.69) is 0 Å². The highest BCUT2D eigenvalue weighted by Crippen LogP contribution is 2.39. The summed E-state index contributed by atoms with van der Waals surface area (Å²) < 4.78 is 24.4. The molecule has 3 rings (SSSR count). The zero-order valence-corrected chi connectivity index (χ0v) is 13.4. The van der Waals surface area contributed by atoms with Crippen LogP contribution in [0.4, 0.5) is 5.69 Å². The van der Waals surface area contributed by atoms with Gasteiger partial charge in [-0.05, 0) is 37.8 Å². The summed E-state index contributed by atoms with van der Waals surface area (Å²) >= 11 is 6.20. The Balaban J connectivity index is 1.81. The molecule has 0 aromatic heterocycles. The fraction of sp³-hybridized carbons (Fsp3) is 0.600. The van der Waals surface area contributed by atoms with E-state index in [1.54, 1.807) is 18.2 Å². The summed E-state index contributed by atoms with van der Waals surface area (Å²) in [6.45, 7) is 2.07. The lowest BCUT2D eigenvalue weighted by atomic mass is 9.86. The van der Waals surface area contributed by atoms with Gasteiger partial charge < -0.3 is 15.2 Å². The molecule has 116 valence electrons. The van der Waals surface area contributed by atoms with Gasteiger partial charge in [-0.2, -0.15) is 0 Å². The molecule has 2 fully saturated rings. The molecule has 2 N–H and O–H groups in total. The number of anilines is 1. The molecular formula is C15H20ClNO3S. The van der Waals surface area contributed by atoms with E-state index in [0.29, 0.717) is 35.4 Å². The second kappa shape index (κ2) is 6.24. The van der Waals surface area contributed by atoms with Crippen molar-refractivity contribution in [3.63, 3.8) is 0 Å². The van der Waals surface area contributed by atoms with Crippen LogP contribution < -0.4 is 5.73 Å². The van der Waals surface area contributed by atoms with Crippen molar-refractivity contribution >= 4 is 28.1 Å². The number of nitrogens with two attached hydrogens (primary N) is 1. The van der Waals surface area contributed by atoms with Gasteiger partial charge in [0.1, 0.15) is 0 Å². The Morgan fingerprint density at radius 1 is 1.29 bits per heavy atom. The Morgan fingerprint density at radius 2 is 2.05 bits per heavy atom. The number of rotatable bonds is 2. The average Bonchev–Trinajstić information content (AvgIpc) is 2.48. The van der Waals surface area contributed by atoms with Gasteiger partial charge in [-0.15, -0.1) is 0 Å². The molecule has 0 amide bonds. The maximum atomic E-state index is 12.9. The molecule has 2 aliphatic rings. The third-order valence-corrected chi connectivity index (χ3v) is 6.65. The summed E-state index contributed by atoms with van der Waals surface area (Å²) in [5, 5.41) is 0.528. The molecule has 2 unspecified atom stereocenters. The molecule has 1 spiro atoms. The lowest BCUT2D eigenvalue weighted by molar-refractivity contribution is -0.131. The standard InChI is InChI=1S/C15H20ClNO3S/c16-12-2-1-3-13(17)14(12)21(18)11-4-7-20-15(10-11)5-8-19-9-6-15/h1-3,11H,4-10,17H2. The maximum Gasteiger partial charge on any atom is 0.0806 e. The third kappa shape index (κ3) is 3.11. The van der Waals surface area contributed by atoms with Crippen LogP contribution in [0.3, 0.4) is 0 Å². The van der Waals surface area contributed by atoms with E-state index in [-0.39, 0.29) is 10.9 Å². The quantitative estimate of drug-likeness (QED) is 0.847. The summed E-state index contributed by atoms with van der Waals surface area (Å²) in [6.07, 6.45) is 3.31. The molecule has 4 nitrogen and oxygen atoms in total. The minimum atomic E-state index is -1.20. The van der Waals surface area contributed by atoms with Gasteiger partial charge in [0.25, 0.3) is 0 Å². The highest BCUT2D eigenvalue weighted by atomic mass is 35.5. The molecule has 0 bridgehead atoms. The zero-order chi connectivity index (χ0) is 14.9. The summed E-state index contributed by atoms with van der Waals surface area (Å²) in [6, 6.07) is 5.28. The molecule has 2 heterocycles. The summed E-state index contributed by atoms with van der Waals surface area (Å²) in [7, 11) is -1.20. The molecule has 1 aromatic rings. The SMILES string of the molecule is Nc1cccc(Cl)c1S(=O)C1CCOC2(CCOCC2)C1. The Morgan fingerprint density at radius 3 is 2.76 bits per heavy atom. The van der Waals surface area contributed by atoms with Gasteiger partial charge in [0.05, 0.1) is 26.3 Å². The van der Waals surface area contributed by atoms with E-state index in [0.717, 1.165) is 25.7 Å². The van der Waals surface area contributed by atoms with Crippen LogP contribution in [-0.4, -0.2) is 34.9 Å². The van der Waals surface area contributed by atoms with E-state index in [1.165, 1.54) is 0 Å². The number of benzene rings is 1. The van der Waals surface area contributed by atoms with Crippen LogP contribution in [0, 0.1) is 0 Å². The number of halogens is 1. The topological polar surface area (TPSA) is 61.6 Å². The largest absolute Gasteiger partial charge is 0.398 e. The number of hydrogen-bond donors (Lipinski definition) is 1. The Hall–Kier alpha value is -0.620. The van der Waals surface area contributed by atoms with Crippen molar-refractivity contribution in [1.29, 1.82) is 0 Å². The Bertz CT molecular complexity index is 520. The van der Waals surface area contributed by atoms with Crippen LogP contribution in [0.1, 0.15) is 25.7 Å². The fourth-order valence-electron chi connectivity index (χ4n) is 3.16. The average molecular weight is 330 g/mol. The molecule has 0 radical (unpaired) electrons. The first kappa shape index (κ1) is 15.3. The van der Waals surface area contributed by atoms with Crippen molar-refractivity contribution in [2.45, 2.75) is 41.4 Å². The number of hydrogen-bond acceptors (Lipinski definition) is 4. The number of nitrogen functional groups attached to an aromatic ring is 1. The highest BCUT2D eigenvalue weighted by molar-refractivity contribution is 7.86. The maximum absolute atomic E-state index is 12.9. The molecule has 0 aliphatic carbocycles. The van der Waals surface area contributed by atoms with Crippen molar-refractivity contribution in [3.05, 3.63) is 23.2 Å².